The van der Waals surface area contributed by atoms with Gasteiger partial charge in [0.1, 0.15) is 13.3 Å². The molecule has 1 saturated heterocycles. The molecule has 20 heavy (non-hydrogen) atoms. The molecule has 108 valence electrons. The minimum absolute atomic E-state index is 0.00244. The predicted octanol–water partition coefficient (Wildman–Crippen LogP) is 2.07. The second-order valence-corrected chi connectivity index (χ2v) is 4.77. The second-order valence-electron chi connectivity index (χ2n) is 4.77. The van der Waals surface area contributed by atoms with Crippen molar-refractivity contribution in [2.45, 2.75) is 19.1 Å². The number of hydrogen-bond acceptors (Lipinski definition) is 3. The fraction of sp³-hybridized carbons (Fsp3) is 0.429. The summed E-state index contributed by atoms with van der Waals surface area (Å²) in [6.07, 6.45) is -0.535. The van der Waals surface area contributed by atoms with Gasteiger partial charge in [0.25, 0.3) is 0 Å². The number of carbonyl (C=O) groups is 2. The summed E-state index contributed by atoms with van der Waals surface area (Å²) in [6.45, 7) is -0.672. The van der Waals surface area contributed by atoms with E-state index in [0.29, 0.717) is 0 Å². The average molecular weight is 281 g/mol. The molecule has 2 unspecified atom stereocenters. The Morgan fingerprint density at radius 2 is 2.05 bits per heavy atom. The molecular weight excluding hydrogens is 265 g/mol. The van der Waals surface area contributed by atoms with Crippen LogP contribution in [0.15, 0.2) is 30.3 Å². The third-order valence-electron chi connectivity index (χ3n) is 3.38. The van der Waals surface area contributed by atoms with Crippen LogP contribution in [0, 0.1) is 5.92 Å². The maximum Gasteiger partial charge on any atom is 0.410 e. The van der Waals surface area contributed by atoms with Crippen LogP contribution in [0.1, 0.15) is 12.0 Å². The highest BCUT2D eigenvalue weighted by atomic mass is 19.1. The Morgan fingerprint density at radius 3 is 2.65 bits per heavy atom. The first-order valence-electron chi connectivity index (χ1n) is 6.38. The largest absolute Gasteiger partial charge is 0.481 e. The number of carboxylic acids is 1. The van der Waals surface area contributed by atoms with Gasteiger partial charge in [-0.2, -0.15) is 0 Å². The van der Waals surface area contributed by atoms with Crippen molar-refractivity contribution in [3.8, 4) is 0 Å². The normalized spacial score (nSPS) is 21.8. The van der Waals surface area contributed by atoms with Gasteiger partial charge >= 0.3 is 12.1 Å². The molecule has 0 radical (unpaired) electrons. The van der Waals surface area contributed by atoms with Gasteiger partial charge in [0, 0.05) is 6.54 Å². The molecule has 2 rings (SSSR count). The molecule has 0 spiro atoms. The van der Waals surface area contributed by atoms with Crippen LogP contribution in [0.3, 0.4) is 0 Å². The third kappa shape index (κ3) is 3.26. The number of rotatable bonds is 4. The van der Waals surface area contributed by atoms with E-state index in [1.807, 2.05) is 30.3 Å². The lowest BCUT2D eigenvalue weighted by atomic mass is 10.1. The molecule has 1 aliphatic heterocycles. The van der Waals surface area contributed by atoms with Crippen molar-refractivity contribution in [2.75, 3.05) is 13.2 Å². The van der Waals surface area contributed by atoms with E-state index in [9.17, 15) is 14.0 Å². The molecule has 1 aromatic carbocycles. The third-order valence-corrected chi connectivity index (χ3v) is 3.38. The number of nitrogens with zero attached hydrogens (tertiary/aromatic N) is 1. The number of hydrogen-bond donors (Lipinski definition) is 1. The van der Waals surface area contributed by atoms with E-state index in [1.54, 1.807) is 0 Å². The SMILES string of the molecule is O=C(O)C1CC(CF)N(C(=O)OCc2ccccc2)C1. The van der Waals surface area contributed by atoms with Gasteiger partial charge in [-0.15, -0.1) is 0 Å². The smallest absolute Gasteiger partial charge is 0.410 e. The van der Waals surface area contributed by atoms with Crippen LogP contribution in [0.25, 0.3) is 0 Å². The zero-order valence-corrected chi connectivity index (χ0v) is 10.9. The zero-order chi connectivity index (χ0) is 14.5. The van der Waals surface area contributed by atoms with Gasteiger partial charge in [0.15, 0.2) is 0 Å². The number of carbonyl (C=O) groups excluding carboxylic acids is 1. The van der Waals surface area contributed by atoms with Crippen LogP contribution < -0.4 is 0 Å². The average Bonchev–Trinajstić information content (AvgIpc) is 2.90. The first-order chi connectivity index (χ1) is 9.61. The maximum absolute atomic E-state index is 12.9. The monoisotopic (exact) mass is 281 g/mol. The standard InChI is InChI=1S/C14H16FNO4/c15-7-12-6-11(13(17)18)8-16(12)14(19)20-9-10-4-2-1-3-5-10/h1-5,11-12H,6-9H2,(H,17,18). The summed E-state index contributed by atoms with van der Waals surface area (Å²) in [7, 11) is 0. The molecule has 0 saturated carbocycles. The van der Waals surface area contributed by atoms with Crippen LogP contribution >= 0.6 is 0 Å². The fourth-order valence-corrected chi connectivity index (χ4v) is 2.27. The summed E-state index contributed by atoms with van der Waals surface area (Å²) >= 11 is 0. The Bertz CT molecular complexity index is 479. The summed E-state index contributed by atoms with van der Waals surface area (Å²) in [5.41, 5.74) is 0.826. The van der Waals surface area contributed by atoms with E-state index in [2.05, 4.69) is 0 Å². The number of likely N-dealkylation sites (tertiary alicyclic amines) is 1. The van der Waals surface area contributed by atoms with E-state index in [1.165, 1.54) is 4.90 Å². The van der Waals surface area contributed by atoms with Gasteiger partial charge in [-0.3, -0.25) is 4.79 Å². The lowest BCUT2D eigenvalue weighted by Gasteiger charge is -2.21. The number of alkyl halides is 1. The quantitative estimate of drug-likeness (QED) is 0.917. The minimum atomic E-state index is -1.01. The number of benzene rings is 1. The molecule has 1 aliphatic rings. The van der Waals surface area contributed by atoms with Crippen LogP contribution in [0.2, 0.25) is 0 Å². The Labute approximate surface area is 116 Å². The van der Waals surface area contributed by atoms with E-state index < -0.39 is 30.7 Å². The van der Waals surface area contributed by atoms with Gasteiger partial charge in [-0.1, -0.05) is 30.3 Å². The molecule has 6 heteroatoms. The topological polar surface area (TPSA) is 66.8 Å². The van der Waals surface area contributed by atoms with Crippen molar-refractivity contribution in [3.05, 3.63) is 35.9 Å². The second kappa shape index (κ2) is 6.36. The molecule has 2 atom stereocenters. The summed E-state index contributed by atoms with van der Waals surface area (Å²) in [4.78, 5) is 24.0. The highest BCUT2D eigenvalue weighted by molar-refractivity contribution is 5.74. The molecule has 1 fully saturated rings. The predicted molar refractivity (Wildman–Crippen MR) is 68.8 cm³/mol. The maximum atomic E-state index is 12.9. The summed E-state index contributed by atoms with van der Waals surface area (Å²) in [5.74, 6) is -1.73. The molecule has 0 aromatic heterocycles. The van der Waals surface area contributed by atoms with Gasteiger partial charge in [-0.25, -0.2) is 9.18 Å². The molecule has 0 bridgehead atoms. The lowest BCUT2D eigenvalue weighted by Crippen LogP contribution is -2.37. The Kier molecular flexibility index (Phi) is 4.55. The van der Waals surface area contributed by atoms with E-state index in [4.69, 9.17) is 9.84 Å². The molecular formula is C14H16FNO4. The van der Waals surface area contributed by atoms with Crippen molar-refractivity contribution in [1.82, 2.24) is 4.90 Å². The van der Waals surface area contributed by atoms with Crippen LogP contribution in [0.4, 0.5) is 9.18 Å². The number of halogens is 1. The van der Waals surface area contributed by atoms with Gasteiger partial charge < -0.3 is 14.7 Å². The van der Waals surface area contributed by atoms with Crippen LogP contribution in [-0.2, 0) is 16.1 Å². The molecule has 1 amide bonds. The highest BCUT2D eigenvalue weighted by Crippen LogP contribution is 2.25. The van der Waals surface area contributed by atoms with E-state index in [-0.39, 0.29) is 19.6 Å². The first kappa shape index (κ1) is 14.3. The zero-order valence-electron chi connectivity index (χ0n) is 10.9. The Hall–Kier alpha value is -2.11. The molecule has 1 heterocycles. The van der Waals surface area contributed by atoms with Crippen molar-refractivity contribution >= 4 is 12.1 Å². The number of aliphatic carboxylic acids is 1. The lowest BCUT2D eigenvalue weighted by molar-refractivity contribution is -0.141. The van der Waals surface area contributed by atoms with Crippen LogP contribution in [-0.4, -0.2) is 41.3 Å². The number of amides is 1. The summed E-state index contributed by atoms with van der Waals surface area (Å²) in [6, 6.07) is 8.41. The van der Waals surface area contributed by atoms with Crippen molar-refractivity contribution < 1.29 is 23.8 Å². The van der Waals surface area contributed by atoms with Crippen molar-refractivity contribution in [2.24, 2.45) is 5.92 Å². The van der Waals surface area contributed by atoms with Crippen molar-refractivity contribution in [3.63, 3.8) is 0 Å². The fourth-order valence-electron chi connectivity index (χ4n) is 2.27. The summed E-state index contributed by atoms with van der Waals surface area (Å²) < 4.78 is 18.0. The molecule has 1 aromatic rings. The Balaban J connectivity index is 1.92. The van der Waals surface area contributed by atoms with Gasteiger partial charge in [0.2, 0.25) is 0 Å². The Morgan fingerprint density at radius 1 is 1.35 bits per heavy atom. The molecule has 1 N–H and O–H groups in total. The van der Waals surface area contributed by atoms with E-state index in [0.717, 1.165) is 5.56 Å². The number of carboxylic acid groups (broad SMARTS) is 1. The van der Waals surface area contributed by atoms with Gasteiger partial charge in [-0.05, 0) is 12.0 Å². The van der Waals surface area contributed by atoms with Gasteiger partial charge in [0.05, 0.1) is 12.0 Å². The first-order valence-corrected chi connectivity index (χ1v) is 6.38. The highest BCUT2D eigenvalue weighted by Gasteiger charge is 2.39. The summed E-state index contributed by atoms with van der Waals surface area (Å²) in [5, 5.41) is 8.93. The van der Waals surface area contributed by atoms with E-state index >= 15 is 0 Å². The number of ether oxygens (including phenoxy) is 1. The molecule has 5 nitrogen and oxygen atoms in total. The van der Waals surface area contributed by atoms with Crippen molar-refractivity contribution in [1.29, 1.82) is 0 Å². The van der Waals surface area contributed by atoms with Crippen LogP contribution in [0.5, 0.6) is 0 Å². The minimum Gasteiger partial charge on any atom is -0.481 e. The molecule has 0 aliphatic carbocycles.